The molecule has 1 unspecified atom stereocenters. The van der Waals surface area contributed by atoms with Crippen LogP contribution in [-0.2, 0) is 11.0 Å². The number of benzene rings is 2. The van der Waals surface area contributed by atoms with E-state index in [0.29, 0.717) is 11.8 Å². The number of hydrogen-bond donors (Lipinski definition) is 1. The maximum atomic E-state index is 12.6. The van der Waals surface area contributed by atoms with E-state index in [2.05, 4.69) is 10.3 Å². The second kappa shape index (κ2) is 7.58. The zero-order chi connectivity index (χ0) is 20.5. The molecule has 1 aliphatic heterocycles. The van der Waals surface area contributed by atoms with E-state index in [0.717, 1.165) is 40.6 Å². The van der Waals surface area contributed by atoms with Gasteiger partial charge < -0.3 is 5.32 Å². The Labute approximate surface area is 159 Å². The van der Waals surface area contributed by atoms with Gasteiger partial charge in [-0.1, -0.05) is 18.2 Å². The van der Waals surface area contributed by atoms with Crippen molar-refractivity contribution in [3.63, 3.8) is 0 Å². The average Bonchev–Trinajstić information content (AvgIpc) is 2.65. The first kappa shape index (κ1) is 19.8. The van der Waals surface area contributed by atoms with Gasteiger partial charge in [0.05, 0.1) is 16.8 Å². The predicted octanol–water partition coefficient (Wildman–Crippen LogP) is 2.70. The molecule has 0 saturated heterocycles. The normalized spacial score (nSPS) is 16.0. The smallest absolute Gasteiger partial charge is 0.352 e. The van der Waals surface area contributed by atoms with Crippen LogP contribution in [0.3, 0.4) is 0 Å². The minimum Gasteiger partial charge on any atom is -0.352 e. The van der Waals surface area contributed by atoms with Crippen LogP contribution in [0.1, 0.15) is 33.5 Å². The Kier molecular flexibility index (Phi) is 5.36. The van der Waals surface area contributed by atoms with Gasteiger partial charge in [0, 0.05) is 17.3 Å². The van der Waals surface area contributed by atoms with Crippen LogP contribution in [0, 0.1) is 19.8 Å². The quantitative estimate of drug-likeness (QED) is 0.876. The van der Waals surface area contributed by atoms with Gasteiger partial charge in [0.25, 0.3) is 11.8 Å². The summed E-state index contributed by atoms with van der Waals surface area (Å²) in [6, 6.07) is 7.90. The minimum absolute atomic E-state index is 0.133. The van der Waals surface area contributed by atoms with Gasteiger partial charge in [0.15, 0.2) is 0 Å². The molecule has 1 atom stereocenters. The summed E-state index contributed by atoms with van der Waals surface area (Å²) in [4.78, 5) is 28.6. The number of nitrogens with zero attached hydrogens (tertiary/aromatic N) is 1. The molecule has 1 aliphatic rings. The Bertz CT molecular complexity index is 1040. The summed E-state index contributed by atoms with van der Waals surface area (Å²) in [6.45, 7) is 4.06. The molecule has 3 rings (SSSR count). The number of alkyl halides is 3. The van der Waals surface area contributed by atoms with Gasteiger partial charge >= 0.3 is 6.18 Å². The molecule has 0 aliphatic carbocycles. The monoisotopic (exact) mass is 388 g/mol. The van der Waals surface area contributed by atoms with Gasteiger partial charge in [-0.15, -0.1) is 0 Å². The third-order valence-electron chi connectivity index (χ3n) is 4.76. The molecule has 2 aromatic carbocycles. The molecule has 0 bridgehead atoms. The van der Waals surface area contributed by atoms with Crippen molar-refractivity contribution < 1.29 is 22.8 Å². The highest BCUT2D eigenvalue weighted by Crippen LogP contribution is 2.29. The molecule has 0 radical (unpaired) electrons. The van der Waals surface area contributed by atoms with Crippen molar-refractivity contribution in [1.29, 1.82) is 0 Å². The van der Waals surface area contributed by atoms with E-state index >= 15 is 0 Å². The van der Waals surface area contributed by atoms with Crippen LogP contribution in [0.4, 0.5) is 13.2 Å². The van der Waals surface area contributed by atoms with E-state index in [4.69, 9.17) is 0 Å². The van der Waals surface area contributed by atoms with Crippen molar-refractivity contribution >= 4 is 17.9 Å². The van der Waals surface area contributed by atoms with Gasteiger partial charge in [-0.05, 0) is 55.7 Å². The largest absolute Gasteiger partial charge is 0.416 e. The Balaban J connectivity index is 1.65. The van der Waals surface area contributed by atoms with E-state index in [-0.39, 0.29) is 18.0 Å². The highest BCUT2D eigenvalue weighted by molar-refractivity contribution is 5.94. The van der Waals surface area contributed by atoms with Gasteiger partial charge in [0.2, 0.25) is 0 Å². The standard InChI is InChI=1S/C21H19F3N2O2/c1-12-3-4-13(2)18-17(12)11-15(20(28)26-18)9-10-25-19(27)14-5-7-16(8-6-14)21(22,23)24/h3-8,11,15H,9-10H2,1-2H3,(H,25,27). The first-order chi connectivity index (χ1) is 13.2. The molecule has 2 amide bonds. The Morgan fingerprint density at radius 3 is 2.36 bits per heavy atom. The Morgan fingerprint density at radius 2 is 1.71 bits per heavy atom. The van der Waals surface area contributed by atoms with Crippen molar-refractivity contribution in [2.45, 2.75) is 26.4 Å². The first-order valence-electron chi connectivity index (χ1n) is 8.83. The van der Waals surface area contributed by atoms with Crippen LogP contribution in [0.25, 0.3) is 6.08 Å². The molecule has 1 heterocycles. The van der Waals surface area contributed by atoms with Crippen LogP contribution < -0.4 is 15.9 Å². The number of nitrogens with one attached hydrogen (secondary N) is 1. The third-order valence-corrected chi connectivity index (χ3v) is 4.76. The highest BCUT2D eigenvalue weighted by atomic mass is 19.4. The van der Waals surface area contributed by atoms with Crippen molar-refractivity contribution in [3.05, 3.63) is 69.2 Å². The fourth-order valence-corrected chi connectivity index (χ4v) is 3.10. The number of carbonyl (C=O) groups excluding carboxylic acids is 2. The highest BCUT2D eigenvalue weighted by Gasteiger charge is 2.30. The van der Waals surface area contributed by atoms with Crippen molar-refractivity contribution in [2.75, 3.05) is 6.54 Å². The molecule has 1 N–H and O–H groups in total. The van der Waals surface area contributed by atoms with E-state index in [1.165, 1.54) is 0 Å². The first-order valence-corrected chi connectivity index (χ1v) is 8.83. The van der Waals surface area contributed by atoms with Crippen LogP contribution in [0.15, 0.2) is 41.4 Å². The van der Waals surface area contributed by atoms with E-state index in [9.17, 15) is 22.8 Å². The lowest BCUT2D eigenvalue weighted by atomic mass is 9.97. The molecule has 7 heteroatoms. The third kappa shape index (κ3) is 4.13. The molecule has 2 aromatic rings. The fourth-order valence-electron chi connectivity index (χ4n) is 3.10. The van der Waals surface area contributed by atoms with Crippen LogP contribution in [0.2, 0.25) is 0 Å². The lowest BCUT2D eigenvalue weighted by Crippen LogP contribution is -2.38. The van der Waals surface area contributed by atoms with Crippen molar-refractivity contribution in [1.82, 2.24) is 5.32 Å². The molecule has 0 fully saturated rings. The summed E-state index contributed by atoms with van der Waals surface area (Å²) in [5, 5.41) is 4.26. The van der Waals surface area contributed by atoms with Gasteiger partial charge in [-0.25, -0.2) is 4.99 Å². The number of aryl methyl sites for hydroxylation is 2. The average molecular weight is 388 g/mol. The molecule has 0 saturated carbocycles. The molecular formula is C21H19F3N2O2. The molecule has 28 heavy (non-hydrogen) atoms. The predicted molar refractivity (Wildman–Crippen MR) is 98.1 cm³/mol. The van der Waals surface area contributed by atoms with Gasteiger partial charge in [0.1, 0.15) is 0 Å². The second-order valence-electron chi connectivity index (χ2n) is 6.80. The zero-order valence-electron chi connectivity index (χ0n) is 15.4. The molecule has 4 nitrogen and oxygen atoms in total. The van der Waals surface area contributed by atoms with Crippen LogP contribution in [-0.4, -0.2) is 18.4 Å². The van der Waals surface area contributed by atoms with E-state index in [1.54, 1.807) is 0 Å². The number of rotatable bonds is 4. The maximum Gasteiger partial charge on any atom is 0.416 e. The summed E-state index contributed by atoms with van der Waals surface area (Å²) in [5.74, 6) is -1.19. The van der Waals surface area contributed by atoms with Crippen LogP contribution >= 0.6 is 0 Å². The summed E-state index contributed by atoms with van der Waals surface area (Å²) in [6.07, 6.45) is -2.21. The lowest BCUT2D eigenvalue weighted by molar-refractivity contribution is -0.137. The van der Waals surface area contributed by atoms with Gasteiger partial charge in [-0.3, -0.25) is 9.59 Å². The molecule has 146 valence electrons. The van der Waals surface area contributed by atoms with E-state index < -0.39 is 23.6 Å². The summed E-state index contributed by atoms with van der Waals surface area (Å²) < 4.78 is 37.7. The molecular weight excluding hydrogens is 369 g/mol. The van der Waals surface area contributed by atoms with Crippen molar-refractivity contribution in [2.24, 2.45) is 10.9 Å². The number of carbonyl (C=O) groups is 2. The fraction of sp³-hybridized carbons (Fsp3) is 0.286. The Morgan fingerprint density at radius 1 is 1.07 bits per heavy atom. The van der Waals surface area contributed by atoms with Gasteiger partial charge in [-0.2, -0.15) is 13.2 Å². The zero-order valence-corrected chi connectivity index (χ0v) is 15.4. The SMILES string of the molecule is Cc1ccc(C)c2c1=CC(CCNC(=O)c1ccc(C(F)(F)F)cc1)C(=O)N=2. The number of halogens is 3. The lowest BCUT2D eigenvalue weighted by Gasteiger charge is -2.14. The summed E-state index contributed by atoms with van der Waals surface area (Å²) >= 11 is 0. The number of fused-ring (bicyclic) bond motifs is 1. The topological polar surface area (TPSA) is 58.5 Å². The maximum absolute atomic E-state index is 12.6. The number of amides is 2. The Hall–Kier alpha value is -2.96. The van der Waals surface area contributed by atoms with Crippen LogP contribution in [0.5, 0.6) is 0 Å². The second-order valence-corrected chi connectivity index (χ2v) is 6.80. The molecule has 0 spiro atoms. The van der Waals surface area contributed by atoms with Crippen molar-refractivity contribution in [3.8, 4) is 0 Å². The summed E-state index contributed by atoms with van der Waals surface area (Å²) in [5.41, 5.74) is 1.28. The summed E-state index contributed by atoms with van der Waals surface area (Å²) in [7, 11) is 0. The van der Waals surface area contributed by atoms with E-state index in [1.807, 2.05) is 32.1 Å². The molecule has 0 aromatic heterocycles. The minimum atomic E-state index is -4.44. The number of hydrogen-bond acceptors (Lipinski definition) is 2.